The van der Waals surface area contributed by atoms with Gasteiger partial charge in [-0.3, -0.25) is 9.69 Å². The van der Waals surface area contributed by atoms with Crippen LogP contribution in [0.2, 0.25) is 0 Å². The summed E-state index contributed by atoms with van der Waals surface area (Å²) in [5.41, 5.74) is 8.07. The summed E-state index contributed by atoms with van der Waals surface area (Å²) in [7, 11) is 0. The molecular weight excluding hydrogens is 390 g/mol. The van der Waals surface area contributed by atoms with E-state index in [1.165, 1.54) is 29.1 Å². The van der Waals surface area contributed by atoms with Gasteiger partial charge in [-0.15, -0.1) is 11.3 Å². The molecule has 4 heterocycles. The van der Waals surface area contributed by atoms with Gasteiger partial charge >= 0.3 is 6.03 Å². The second-order valence-electron chi connectivity index (χ2n) is 7.28. The van der Waals surface area contributed by atoms with Gasteiger partial charge in [-0.1, -0.05) is 0 Å². The van der Waals surface area contributed by atoms with E-state index in [1.807, 2.05) is 13.0 Å². The van der Waals surface area contributed by atoms with Crippen molar-refractivity contribution < 1.29 is 14.3 Å². The highest BCUT2D eigenvalue weighted by Gasteiger charge is 2.34. The Kier molecular flexibility index (Phi) is 4.13. The molecule has 2 aliphatic rings. The Balaban J connectivity index is 1.61. The molecule has 1 fully saturated rings. The first kappa shape index (κ1) is 17.9. The van der Waals surface area contributed by atoms with Crippen molar-refractivity contribution in [2.45, 2.75) is 38.7 Å². The van der Waals surface area contributed by atoms with Crippen LogP contribution in [0.3, 0.4) is 0 Å². The van der Waals surface area contributed by atoms with Crippen LogP contribution in [0.5, 0.6) is 5.88 Å². The lowest BCUT2D eigenvalue weighted by Gasteiger charge is -2.29. The number of carbonyl (C=O) groups is 2. The number of pyridine rings is 2. The number of ether oxygens (including phenoxy) is 1. The van der Waals surface area contributed by atoms with E-state index in [0.717, 1.165) is 18.4 Å². The van der Waals surface area contributed by atoms with Crippen LogP contribution in [0.15, 0.2) is 24.5 Å². The van der Waals surface area contributed by atoms with Crippen LogP contribution in [0, 0.1) is 6.92 Å². The average molecular weight is 409 g/mol. The fourth-order valence-electron chi connectivity index (χ4n) is 3.99. The SMILES string of the molecule is Cc1cc(OC2CCCC2)ncc1N1C(=O)Nc2ccnc3sc(C(N)=O)c1c23. The minimum atomic E-state index is -0.597. The first-order valence-electron chi connectivity index (χ1n) is 9.48. The van der Waals surface area contributed by atoms with Crippen LogP contribution in [0.25, 0.3) is 10.2 Å². The minimum absolute atomic E-state index is 0.196. The molecule has 0 saturated heterocycles. The first-order chi connectivity index (χ1) is 14.0. The molecule has 1 aliphatic carbocycles. The predicted molar refractivity (Wildman–Crippen MR) is 111 cm³/mol. The number of primary amides is 1. The summed E-state index contributed by atoms with van der Waals surface area (Å²) in [6, 6.07) is 3.16. The summed E-state index contributed by atoms with van der Waals surface area (Å²) in [4.78, 5) is 36.2. The second kappa shape index (κ2) is 6.70. The topological polar surface area (TPSA) is 110 Å². The summed E-state index contributed by atoms with van der Waals surface area (Å²) in [5.74, 6) is -0.0522. The van der Waals surface area contributed by atoms with E-state index in [2.05, 4.69) is 15.3 Å². The number of nitrogens with two attached hydrogens (primary N) is 1. The van der Waals surface area contributed by atoms with Crippen molar-refractivity contribution in [2.24, 2.45) is 5.73 Å². The number of urea groups is 1. The maximum atomic E-state index is 13.0. The number of amides is 3. The molecular formula is C20H19N5O3S. The smallest absolute Gasteiger partial charge is 0.331 e. The van der Waals surface area contributed by atoms with Gasteiger partial charge in [-0.05, 0) is 44.2 Å². The van der Waals surface area contributed by atoms with Gasteiger partial charge in [0.05, 0.1) is 28.6 Å². The molecule has 0 bridgehead atoms. The Bertz CT molecular complexity index is 1150. The molecule has 5 rings (SSSR count). The molecule has 0 unspecified atom stereocenters. The zero-order chi connectivity index (χ0) is 20.1. The van der Waals surface area contributed by atoms with E-state index in [0.29, 0.717) is 38.0 Å². The Morgan fingerprint density at radius 2 is 2.14 bits per heavy atom. The molecule has 3 aromatic heterocycles. The number of rotatable bonds is 4. The summed E-state index contributed by atoms with van der Waals surface area (Å²) in [6.45, 7) is 1.89. The maximum absolute atomic E-state index is 13.0. The van der Waals surface area contributed by atoms with Gasteiger partial charge < -0.3 is 15.8 Å². The predicted octanol–water partition coefficient (Wildman–Crippen LogP) is 4.10. The minimum Gasteiger partial charge on any atom is -0.474 e. The van der Waals surface area contributed by atoms with Crippen molar-refractivity contribution in [3.8, 4) is 5.88 Å². The van der Waals surface area contributed by atoms with E-state index in [1.54, 1.807) is 18.5 Å². The molecule has 3 N–H and O–H groups in total. The molecule has 3 amide bonds. The Morgan fingerprint density at radius 3 is 2.86 bits per heavy atom. The van der Waals surface area contributed by atoms with Crippen LogP contribution in [0.4, 0.5) is 21.9 Å². The first-order valence-corrected chi connectivity index (χ1v) is 10.3. The quantitative estimate of drug-likeness (QED) is 0.674. The molecule has 0 aromatic carbocycles. The van der Waals surface area contributed by atoms with Crippen molar-refractivity contribution in [3.05, 3.63) is 35.0 Å². The van der Waals surface area contributed by atoms with Crippen LogP contribution in [-0.4, -0.2) is 28.0 Å². The molecule has 1 aliphatic heterocycles. The summed E-state index contributed by atoms with van der Waals surface area (Å²) < 4.78 is 5.97. The lowest BCUT2D eigenvalue weighted by Crippen LogP contribution is -2.35. The second-order valence-corrected chi connectivity index (χ2v) is 8.28. The van der Waals surface area contributed by atoms with Crippen molar-refractivity contribution in [1.82, 2.24) is 9.97 Å². The van der Waals surface area contributed by atoms with E-state index in [-0.39, 0.29) is 12.1 Å². The van der Waals surface area contributed by atoms with Gasteiger partial charge in [-0.25, -0.2) is 14.8 Å². The van der Waals surface area contributed by atoms with Gasteiger partial charge in [-0.2, -0.15) is 0 Å². The lowest BCUT2D eigenvalue weighted by molar-refractivity contribution is 0.100. The van der Waals surface area contributed by atoms with Gasteiger partial charge in [0.15, 0.2) is 0 Å². The third-order valence-corrected chi connectivity index (χ3v) is 6.45. The highest BCUT2D eigenvalue weighted by molar-refractivity contribution is 7.21. The van der Waals surface area contributed by atoms with Crippen LogP contribution >= 0.6 is 11.3 Å². The summed E-state index contributed by atoms with van der Waals surface area (Å²) in [5, 5.41) is 3.57. The van der Waals surface area contributed by atoms with Crippen molar-refractivity contribution in [3.63, 3.8) is 0 Å². The van der Waals surface area contributed by atoms with Crippen molar-refractivity contribution in [2.75, 3.05) is 10.2 Å². The normalized spacial score (nSPS) is 16.3. The van der Waals surface area contributed by atoms with Crippen molar-refractivity contribution in [1.29, 1.82) is 0 Å². The third-order valence-electron chi connectivity index (χ3n) is 5.35. The fraction of sp³-hybridized carbons (Fsp3) is 0.300. The number of nitrogens with one attached hydrogen (secondary N) is 1. The number of thiophene rings is 1. The molecule has 29 heavy (non-hydrogen) atoms. The van der Waals surface area contributed by atoms with Crippen molar-refractivity contribution >= 4 is 50.6 Å². The molecule has 3 aromatic rings. The Morgan fingerprint density at radius 1 is 1.34 bits per heavy atom. The van der Waals surface area contributed by atoms with E-state index in [4.69, 9.17) is 10.5 Å². The summed E-state index contributed by atoms with van der Waals surface area (Å²) >= 11 is 1.18. The standard InChI is InChI=1S/C20H19N5O3S/c1-10-8-14(28-11-4-2-3-5-11)23-9-13(10)25-16-15-12(24-20(25)27)6-7-22-19(15)29-17(16)18(21)26/h6-9,11H,2-5H2,1H3,(H2,21,26)(H,24,27). The highest BCUT2D eigenvalue weighted by Crippen LogP contribution is 2.47. The van der Waals surface area contributed by atoms with Gasteiger partial charge in [0.25, 0.3) is 5.91 Å². The molecule has 9 heteroatoms. The molecule has 8 nitrogen and oxygen atoms in total. The fourth-order valence-corrected chi connectivity index (χ4v) is 5.00. The number of hydrogen-bond donors (Lipinski definition) is 2. The number of anilines is 3. The van der Waals surface area contributed by atoms with Crippen LogP contribution < -0.4 is 20.7 Å². The number of carbonyl (C=O) groups excluding carboxylic acids is 2. The highest BCUT2D eigenvalue weighted by atomic mass is 32.1. The molecule has 0 atom stereocenters. The number of aryl methyl sites for hydroxylation is 1. The lowest BCUT2D eigenvalue weighted by atomic mass is 10.1. The van der Waals surface area contributed by atoms with Gasteiger partial charge in [0.1, 0.15) is 15.8 Å². The largest absolute Gasteiger partial charge is 0.474 e. The number of nitrogens with zero attached hydrogens (tertiary/aromatic N) is 3. The zero-order valence-corrected chi connectivity index (χ0v) is 16.6. The monoisotopic (exact) mass is 409 g/mol. The number of hydrogen-bond acceptors (Lipinski definition) is 6. The summed E-state index contributed by atoms with van der Waals surface area (Å²) in [6.07, 6.45) is 7.82. The van der Waals surface area contributed by atoms with Crippen LogP contribution in [0.1, 0.15) is 40.9 Å². The molecule has 148 valence electrons. The molecule has 0 radical (unpaired) electrons. The Labute approximate surface area is 170 Å². The molecule has 1 saturated carbocycles. The van der Waals surface area contributed by atoms with Gasteiger partial charge in [0, 0.05) is 12.3 Å². The van der Waals surface area contributed by atoms with E-state index in [9.17, 15) is 9.59 Å². The molecule has 0 spiro atoms. The maximum Gasteiger partial charge on any atom is 0.331 e. The zero-order valence-electron chi connectivity index (χ0n) is 15.8. The van der Waals surface area contributed by atoms with E-state index >= 15 is 0 Å². The van der Waals surface area contributed by atoms with E-state index < -0.39 is 5.91 Å². The van der Waals surface area contributed by atoms with Gasteiger partial charge in [0.2, 0.25) is 5.88 Å². The Hall–Kier alpha value is -3.20. The third kappa shape index (κ3) is 2.89. The van der Waals surface area contributed by atoms with Crippen LogP contribution in [-0.2, 0) is 0 Å². The average Bonchev–Trinajstić information content (AvgIpc) is 3.32. The number of aromatic nitrogens is 2.